The van der Waals surface area contributed by atoms with E-state index in [4.69, 9.17) is 13.4 Å². The molecule has 15 aromatic rings. The molecule has 0 saturated carbocycles. The van der Waals surface area contributed by atoms with Crippen LogP contribution in [0.5, 0.6) is 0 Å². The van der Waals surface area contributed by atoms with Gasteiger partial charge in [-0.05, 0) is 165 Å². The second-order valence-corrected chi connectivity index (χ2v) is 28.3. The monoisotopic (exact) mass is 1760 g/mol. The second kappa shape index (κ2) is 67.5. The molecular formula is C111H150N6O8S2. The summed E-state index contributed by atoms with van der Waals surface area (Å²) in [5, 5.41) is 4.32. The third kappa shape index (κ3) is 37.3. The van der Waals surface area contributed by atoms with E-state index in [1.54, 1.807) is 45.2 Å². The van der Waals surface area contributed by atoms with Crippen molar-refractivity contribution >= 4 is 111 Å². The largest absolute Gasteiger partial charge is 0.461 e. The summed E-state index contributed by atoms with van der Waals surface area (Å²) in [7, 11) is 7.08. The number of Topliss-reactive ketones (excluding diaryl/α,β-unsaturated/α-hetero) is 1. The summed E-state index contributed by atoms with van der Waals surface area (Å²) in [4.78, 5) is 71.3. The van der Waals surface area contributed by atoms with Gasteiger partial charge in [0.1, 0.15) is 16.9 Å². The van der Waals surface area contributed by atoms with Crippen molar-refractivity contribution in [3.8, 4) is 0 Å². The zero-order valence-corrected chi connectivity index (χ0v) is 84.2. The van der Waals surface area contributed by atoms with E-state index in [9.17, 15) is 24.0 Å². The minimum atomic E-state index is -0.0828. The van der Waals surface area contributed by atoms with E-state index in [-0.39, 0.29) is 23.3 Å². The number of benzene rings is 10. The van der Waals surface area contributed by atoms with Crippen LogP contribution in [0.15, 0.2) is 279 Å². The van der Waals surface area contributed by atoms with Crippen LogP contribution >= 0.6 is 22.7 Å². The predicted molar refractivity (Wildman–Crippen MR) is 553 cm³/mol. The topological polar surface area (TPSA) is 165 Å². The normalized spacial score (nSPS) is 11.3. The van der Waals surface area contributed by atoms with Crippen molar-refractivity contribution in [2.45, 2.75) is 226 Å². The maximum atomic E-state index is 11.5. The number of fused-ring (bicyclic) bond motifs is 10. The zero-order chi connectivity index (χ0) is 95.9. The Bertz CT molecular complexity index is 5200. The third-order valence-corrected chi connectivity index (χ3v) is 19.8. The Labute approximate surface area is 770 Å². The van der Waals surface area contributed by atoms with E-state index < -0.39 is 0 Å². The SMILES string of the molecule is CC.CC.CC.CC.CC.CC.CC.CC.CC.CC.CC.CC1=Cc2ccccc2C1.CN1C(=O)Cc2ccccc21.CN1CCc2ccccc2C1=O.CN1Cc2ccccc2C1=O.Cc1cc2ccccc2o1.Cc1cc2ccccc2s1.Cc1nc2ccccc2o1.Cc1nc2ccccc2s1.Cn1oc2ccccc2c1=O.O=C1CCc2ccccc21. The highest BCUT2D eigenvalue weighted by molar-refractivity contribution is 7.19. The summed E-state index contributed by atoms with van der Waals surface area (Å²) >= 11 is 3.59. The minimum Gasteiger partial charge on any atom is -0.461 e. The van der Waals surface area contributed by atoms with Crippen molar-refractivity contribution < 1.29 is 32.5 Å². The molecule has 0 spiro atoms. The maximum Gasteiger partial charge on any atom is 0.290 e. The number of anilines is 1. The lowest BCUT2D eigenvalue weighted by Gasteiger charge is -2.24. The first-order chi connectivity index (χ1) is 61.8. The fourth-order valence-corrected chi connectivity index (χ4v) is 14.2. The van der Waals surface area contributed by atoms with Crippen LogP contribution in [0, 0.1) is 27.7 Å². The smallest absolute Gasteiger partial charge is 0.290 e. The number of thiazole rings is 1. The summed E-state index contributed by atoms with van der Waals surface area (Å²) in [6, 6.07) is 83.7. The van der Waals surface area contributed by atoms with E-state index in [0.717, 1.165) is 105 Å². The molecule has 0 atom stereocenters. The number of thiophene rings is 1. The van der Waals surface area contributed by atoms with Gasteiger partial charge < -0.3 is 28.1 Å². The number of rotatable bonds is 0. The van der Waals surface area contributed by atoms with Crippen molar-refractivity contribution in [2.75, 3.05) is 32.6 Å². The lowest BCUT2D eigenvalue weighted by molar-refractivity contribution is -0.117. The van der Waals surface area contributed by atoms with Gasteiger partial charge in [-0.15, -0.1) is 22.7 Å². The van der Waals surface area contributed by atoms with Crippen LogP contribution in [0.1, 0.15) is 252 Å². The Morgan fingerprint density at radius 2 is 0.819 bits per heavy atom. The van der Waals surface area contributed by atoms with Crippen molar-refractivity contribution in [3.63, 3.8) is 0 Å². The molecule has 3 amide bonds. The Hall–Kier alpha value is -11.9. The average Bonchev–Trinajstić information content (AvgIpc) is 1.40. The number of hydrogen-bond acceptors (Lipinski definition) is 12. The van der Waals surface area contributed by atoms with E-state index in [2.05, 4.69) is 90.6 Å². The van der Waals surface area contributed by atoms with Crippen molar-refractivity contribution in [1.82, 2.24) is 24.5 Å². The van der Waals surface area contributed by atoms with Gasteiger partial charge in [-0.3, -0.25) is 24.0 Å². The number of likely N-dealkylation sites (N-methyl/N-ethyl adjacent to an activating group) is 2. The molecule has 0 N–H and O–H groups in total. The summed E-state index contributed by atoms with van der Waals surface area (Å²) in [5.74, 6) is 2.47. The van der Waals surface area contributed by atoms with Crippen LogP contribution in [0.25, 0.3) is 59.4 Å². The van der Waals surface area contributed by atoms with E-state index in [1.165, 1.54) is 57.6 Å². The highest BCUT2D eigenvalue weighted by atomic mass is 32.1. The highest BCUT2D eigenvalue weighted by Gasteiger charge is 2.24. The molecule has 14 nitrogen and oxygen atoms in total. The molecule has 5 aliphatic rings. The van der Waals surface area contributed by atoms with E-state index >= 15 is 0 Å². The number of allylic oxidation sites excluding steroid dienone is 1. The first kappa shape index (κ1) is 115. The second-order valence-electron chi connectivity index (χ2n) is 25.7. The van der Waals surface area contributed by atoms with E-state index in [1.807, 2.05) is 388 Å². The number of ketones is 1. The van der Waals surface area contributed by atoms with E-state index in [0.29, 0.717) is 29.6 Å². The molecule has 0 radical (unpaired) electrons. The van der Waals surface area contributed by atoms with Crippen molar-refractivity contribution in [3.05, 3.63) is 342 Å². The lowest BCUT2D eigenvalue weighted by Crippen LogP contribution is -2.33. The maximum absolute atomic E-state index is 11.5. The number of aromatic nitrogens is 3. The Balaban J connectivity index is 0.00000136. The summed E-state index contributed by atoms with van der Waals surface area (Å²) < 4.78 is 19.6. The number of hydrogen-bond donors (Lipinski definition) is 0. The average molecular weight is 1760 g/mol. The number of carbonyl (C=O) groups is 4. The number of carbonyl (C=O) groups excluding carboxylic acids is 4. The van der Waals surface area contributed by atoms with Gasteiger partial charge in [0.2, 0.25) is 5.91 Å². The fraction of sp³-hybridized carbons (Fsp3) is 0.342. The van der Waals surface area contributed by atoms with Gasteiger partial charge in [0.05, 0.1) is 27.0 Å². The molecule has 127 heavy (non-hydrogen) atoms. The molecule has 10 aromatic carbocycles. The van der Waals surface area contributed by atoms with Gasteiger partial charge >= 0.3 is 0 Å². The van der Waals surface area contributed by atoms with Gasteiger partial charge in [-0.2, -0.15) is 4.74 Å². The van der Waals surface area contributed by atoms with Crippen LogP contribution in [-0.4, -0.2) is 75.7 Å². The van der Waals surface area contributed by atoms with Gasteiger partial charge in [-0.1, -0.05) is 340 Å². The summed E-state index contributed by atoms with van der Waals surface area (Å²) in [6.07, 6.45) is 6.60. The van der Waals surface area contributed by atoms with Crippen LogP contribution < -0.4 is 10.5 Å². The van der Waals surface area contributed by atoms with Crippen LogP contribution in [0.3, 0.4) is 0 Å². The number of aryl methyl sites for hydroxylation is 6. The molecular weight excluding hydrogens is 1610 g/mol. The van der Waals surface area contributed by atoms with Crippen LogP contribution in [0.2, 0.25) is 0 Å². The quantitative estimate of drug-likeness (QED) is 0.143. The molecule has 0 unspecified atom stereocenters. The van der Waals surface area contributed by atoms with Gasteiger partial charge in [0.25, 0.3) is 17.4 Å². The molecule has 16 heteroatoms. The fourth-order valence-electron chi connectivity index (χ4n) is 12.5. The number of para-hydroxylation sites is 6. The number of nitrogens with zero attached hydrogens (tertiary/aromatic N) is 6. The zero-order valence-electron chi connectivity index (χ0n) is 82.5. The van der Waals surface area contributed by atoms with Gasteiger partial charge in [-0.25, -0.2) is 9.97 Å². The van der Waals surface area contributed by atoms with Crippen molar-refractivity contribution in [1.29, 1.82) is 0 Å². The number of furan rings is 1. The molecule has 5 aromatic heterocycles. The molecule has 20 rings (SSSR count). The molecule has 0 bridgehead atoms. The molecule has 3 aliphatic heterocycles. The Morgan fingerprint density at radius 3 is 1.36 bits per heavy atom. The number of oxazole rings is 1. The van der Waals surface area contributed by atoms with Crippen molar-refractivity contribution in [2.24, 2.45) is 7.05 Å². The molecule has 2 aliphatic carbocycles. The minimum absolute atomic E-state index is 0.0828. The van der Waals surface area contributed by atoms with Crippen LogP contribution in [-0.2, 0) is 44.1 Å². The summed E-state index contributed by atoms with van der Waals surface area (Å²) in [6.45, 7) is 55.8. The Kier molecular flexibility index (Phi) is 61.2. The Morgan fingerprint density at radius 1 is 0.362 bits per heavy atom. The molecule has 0 saturated heterocycles. The van der Waals surface area contributed by atoms with Gasteiger partial charge in [0.15, 0.2) is 22.8 Å². The molecule has 8 heterocycles. The van der Waals surface area contributed by atoms with Gasteiger partial charge in [0, 0.05) is 92.0 Å². The predicted octanol–water partition coefficient (Wildman–Crippen LogP) is 31.4. The third-order valence-electron chi connectivity index (χ3n) is 17.8. The van der Waals surface area contributed by atoms with Crippen LogP contribution in [0.4, 0.5) is 5.69 Å². The summed E-state index contributed by atoms with van der Waals surface area (Å²) in [5.41, 5.74) is 17.2. The molecule has 0 fully saturated rings. The number of amides is 3. The molecule has 684 valence electrons. The first-order valence-corrected chi connectivity index (χ1v) is 47.4. The first-order valence-electron chi connectivity index (χ1n) is 45.8. The lowest BCUT2D eigenvalue weighted by atomic mass is 10.00. The highest BCUT2D eigenvalue weighted by Crippen LogP contribution is 2.29. The standard InChI is InChI=1S/C10H11NO.C10H10.2C9H9NO.2C9H8O.C9H8S.C8H7NO2.C8H7NO.C8H7NS.11C2H6/c1-11-7-6-8-4-2-3-5-9(8)10(11)12;1-8-6-9-4-2-3-5-10(9)7-8;1-10-6-7-4-2-3-5-8(7)9(10)11;1-10-8-5-3-2-4-7(8)6-9(10)11;1-7-6-8-4-2-3-5-9(8)10-7;10-9-6-5-7-3-1-2-4-8(7)9;1-7-6-8-4-2-3-5-9(8)10-7;1-9-8(10)6-4-2-3-5-7(6)11-9;2*1-6-9-7-4-2-3-5-8(7)10-6;11*1-2/h2-5H,6-7H2,1H3;2-6H,7H2,1H3;2*2-5H,6H2,1H3;2-6H,1H3;1-4H,5-6H2;2-6H,1H3;2-5H,1H3;2*2-5H,1H3;11*1-2H3.